The molecule has 7 nitrogen and oxygen atoms in total. The normalized spacial score (nSPS) is 12.7. The molecular formula is C15H19NO6. The molecule has 2 atom stereocenters. The zero-order valence-corrected chi connectivity index (χ0v) is 12.9. The summed E-state index contributed by atoms with van der Waals surface area (Å²) in [6, 6.07) is 5.82. The summed E-state index contributed by atoms with van der Waals surface area (Å²) in [5.74, 6) is -1.17. The summed E-state index contributed by atoms with van der Waals surface area (Å²) < 4.78 is 14.7. The Balaban J connectivity index is 3.18. The number of nitrogens with one attached hydrogen (secondary N) is 1. The van der Waals surface area contributed by atoms with Crippen LogP contribution in [0.1, 0.15) is 25.5 Å². The van der Waals surface area contributed by atoms with Crippen LogP contribution >= 0.6 is 0 Å². The quantitative estimate of drug-likeness (QED) is 0.788. The molecule has 1 amide bonds. The van der Waals surface area contributed by atoms with Crippen molar-refractivity contribution in [3.05, 3.63) is 29.8 Å². The van der Waals surface area contributed by atoms with Crippen LogP contribution < -0.4 is 10.1 Å². The van der Waals surface area contributed by atoms with E-state index in [0.717, 1.165) is 0 Å². The molecule has 120 valence electrons. The predicted octanol–water partition coefficient (Wildman–Crippen LogP) is 0.977. The molecule has 0 saturated heterocycles. The Morgan fingerprint density at radius 3 is 2.05 bits per heavy atom. The van der Waals surface area contributed by atoms with Crippen molar-refractivity contribution >= 4 is 17.8 Å². The maximum absolute atomic E-state index is 11.9. The number of methoxy groups -OCH3 is 2. The summed E-state index contributed by atoms with van der Waals surface area (Å²) in [4.78, 5) is 34.5. The Bertz CT molecular complexity index is 539. The Morgan fingerprint density at radius 1 is 1.05 bits per heavy atom. The maximum atomic E-state index is 11.9. The summed E-state index contributed by atoms with van der Waals surface area (Å²) in [7, 11) is 2.70. The summed E-state index contributed by atoms with van der Waals surface area (Å²) in [5, 5.41) is 2.60. The van der Waals surface area contributed by atoms with Crippen LogP contribution in [0.5, 0.6) is 5.75 Å². The Kier molecular flexibility index (Phi) is 6.37. The lowest BCUT2D eigenvalue weighted by Gasteiger charge is -2.25. The number of ether oxygens (including phenoxy) is 3. The molecule has 1 aromatic carbocycles. The first-order chi connectivity index (χ1) is 10.4. The molecule has 0 unspecified atom stereocenters. The van der Waals surface area contributed by atoms with Gasteiger partial charge in [-0.3, -0.25) is 9.59 Å². The number of hydrogen-bond donors (Lipinski definition) is 1. The van der Waals surface area contributed by atoms with Gasteiger partial charge in [0.25, 0.3) is 0 Å². The molecule has 1 aromatic rings. The summed E-state index contributed by atoms with van der Waals surface area (Å²) in [6.45, 7) is 2.48. The molecule has 0 radical (unpaired) electrons. The average Bonchev–Trinajstić information content (AvgIpc) is 2.49. The van der Waals surface area contributed by atoms with E-state index >= 15 is 0 Å². The van der Waals surface area contributed by atoms with Gasteiger partial charge in [-0.15, -0.1) is 0 Å². The zero-order valence-electron chi connectivity index (χ0n) is 12.9. The molecule has 0 aliphatic rings. The third-order valence-electron chi connectivity index (χ3n) is 2.86. The van der Waals surface area contributed by atoms with Crippen LogP contribution in [-0.2, 0) is 23.9 Å². The highest BCUT2D eigenvalue weighted by Gasteiger charge is 2.34. The first-order valence-corrected chi connectivity index (χ1v) is 6.55. The van der Waals surface area contributed by atoms with Crippen molar-refractivity contribution in [1.29, 1.82) is 0 Å². The first kappa shape index (κ1) is 17.5. The van der Waals surface area contributed by atoms with E-state index in [4.69, 9.17) is 9.47 Å². The third-order valence-corrected chi connectivity index (χ3v) is 2.86. The molecule has 0 fully saturated rings. The second-order valence-corrected chi connectivity index (χ2v) is 4.50. The van der Waals surface area contributed by atoms with Gasteiger partial charge in [0.05, 0.1) is 14.2 Å². The van der Waals surface area contributed by atoms with Crippen LogP contribution in [0.3, 0.4) is 0 Å². The number of esters is 2. The minimum atomic E-state index is -1.28. The number of carbonyl (C=O) groups is 3. The van der Waals surface area contributed by atoms with Gasteiger partial charge < -0.3 is 19.5 Å². The fourth-order valence-electron chi connectivity index (χ4n) is 1.91. The van der Waals surface area contributed by atoms with Gasteiger partial charge in [0.1, 0.15) is 11.8 Å². The second-order valence-electron chi connectivity index (χ2n) is 4.50. The summed E-state index contributed by atoms with van der Waals surface area (Å²) in [6.07, 6.45) is -1.28. The van der Waals surface area contributed by atoms with Crippen molar-refractivity contribution in [2.24, 2.45) is 0 Å². The van der Waals surface area contributed by atoms with Crippen molar-refractivity contribution in [1.82, 2.24) is 5.32 Å². The van der Waals surface area contributed by atoms with Gasteiger partial charge in [0.15, 0.2) is 0 Å². The fraction of sp³-hybridized carbons (Fsp3) is 0.400. The van der Waals surface area contributed by atoms with E-state index < -0.39 is 24.1 Å². The van der Waals surface area contributed by atoms with Crippen LogP contribution in [-0.4, -0.2) is 38.2 Å². The average molecular weight is 309 g/mol. The van der Waals surface area contributed by atoms with Crippen LogP contribution in [0, 0.1) is 0 Å². The van der Waals surface area contributed by atoms with E-state index in [-0.39, 0.29) is 5.91 Å². The largest absolute Gasteiger partial charge is 0.497 e. The minimum Gasteiger partial charge on any atom is -0.497 e. The number of hydrogen-bond acceptors (Lipinski definition) is 6. The molecule has 0 heterocycles. The molecule has 0 aromatic heterocycles. The molecular weight excluding hydrogens is 290 g/mol. The minimum absolute atomic E-state index is 0.373. The van der Waals surface area contributed by atoms with Gasteiger partial charge in [0.2, 0.25) is 12.0 Å². The smallest absolute Gasteiger partial charge is 0.349 e. The molecule has 0 saturated carbocycles. The Morgan fingerprint density at radius 2 is 1.64 bits per heavy atom. The van der Waals surface area contributed by atoms with E-state index in [0.29, 0.717) is 11.3 Å². The van der Waals surface area contributed by atoms with Gasteiger partial charge in [-0.25, -0.2) is 4.79 Å². The Hall–Kier alpha value is -2.57. The fourth-order valence-corrected chi connectivity index (χ4v) is 1.91. The molecule has 22 heavy (non-hydrogen) atoms. The molecule has 0 spiro atoms. The van der Waals surface area contributed by atoms with Crippen LogP contribution in [0.15, 0.2) is 24.3 Å². The number of amides is 1. The van der Waals surface area contributed by atoms with E-state index in [1.165, 1.54) is 28.1 Å². The summed E-state index contributed by atoms with van der Waals surface area (Å²) in [5.41, 5.74) is 0.577. The van der Waals surface area contributed by atoms with Crippen molar-refractivity contribution in [2.75, 3.05) is 14.2 Å². The van der Waals surface area contributed by atoms with Gasteiger partial charge in [-0.2, -0.15) is 0 Å². The first-order valence-electron chi connectivity index (χ1n) is 6.55. The van der Waals surface area contributed by atoms with E-state index in [9.17, 15) is 14.4 Å². The number of carbonyl (C=O) groups excluding carboxylic acids is 3. The van der Waals surface area contributed by atoms with Crippen molar-refractivity contribution in [3.8, 4) is 5.75 Å². The predicted molar refractivity (Wildman–Crippen MR) is 77.1 cm³/mol. The van der Waals surface area contributed by atoms with E-state index in [2.05, 4.69) is 10.1 Å². The third kappa shape index (κ3) is 4.76. The van der Waals surface area contributed by atoms with E-state index in [1.807, 2.05) is 0 Å². The van der Waals surface area contributed by atoms with Gasteiger partial charge >= 0.3 is 11.9 Å². The lowest BCUT2D eigenvalue weighted by Crippen LogP contribution is -2.42. The summed E-state index contributed by atoms with van der Waals surface area (Å²) >= 11 is 0. The molecule has 0 bridgehead atoms. The van der Waals surface area contributed by atoms with Crippen LogP contribution in [0.4, 0.5) is 0 Å². The molecule has 1 rings (SSSR count). The SMILES string of the molecule is COC(=O)[C@H](OC(C)=O)[C@@H](NC(C)=O)c1ccc(OC)cc1. The zero-order chi connectivity index (χ0) is 16.7. The van der Waals surface area contributed by atoms with Gasteiger partial charge in [-0.1, -0.05) is 12.1 Å². The van der Waals surface area contributed by atoms with Crippen LogP contribution in [0.25, 0.3) is 0 Å². The van der Waals surface area contributed by atoms with E-state index in [1.54, 1.807) is 24.3 Å². The molecule has 1 N–H and O–H groups in total. The number of rotatable bonds is 6. The Labute approximate surface area is 128 Å². The molecule has 0 aliphatic carbocycles. The lowest BCUT2D eigenvalue weighted by atomic mass is 10.0. The number of benzene rings is 1. The topological polar surface area (TPSA) is 90.9 Å². The lowest BCUT2D eigenvalue weighted by molar-refractivity contribution is -0.167. The highest BCUT2D eigenvalue weighted by Crippen LogP contribution is 2.23. The van der Waals surface area contributed by atoms with Gasteiger partial charge in [-0.05, 0) is 17.7 Å². The van der Waals surface area contributed by atoms with Crippen LogP contribution in [0.2, 0.25) is 0 Å². The molecule has 0 aliphatic heterocycles. The second kappa shape index (κ2) is 8.02. The van der Waals surface area contributed by atoms with Crippen molar-refractivity contribution in [2.45, 2.75) is 26.0 Å². The standard InChI is InChI=1S/C15H19NO6/c1-9(17)16-13(11-5-7-12(20-3)8-6-11)14(15(19)21-4)22-10(2)18/h5-8,13-14H,1-4H3,(H,16,17)/t13-,14+/m0/s1. The van der Waals surface area contributed by atoms with Crippen molar-refractivity contribution in [3.63, 3.8) is 0 Å². The van der Waals surface area contributed by atoms with Gasteiger partial charge in [0, 0.05) is 13.8 Å². The maximum Gasteiger partial charge on any atom is 0.349 e. The highest BCUT2D eigenvalue weighted by atomic mass is 16.6. The van der Waals surface area contributed by atoms with Crippen molar-refractivity contribution < 1.29 is 28.6 Å². The molecule has 7 heteroatoms. The highest BCUT2D eigenvalue weighted by molar-refractivity contribution is 5.81. The monoisotopic (exact) mass is 309 g/mol.